The van der Waals surface area contributed by atoms with Crippen molar-refractivity contribution in [1.29, 1.82) is 0 Å². The molecule has 1 saturated heterocycles. The summed E-state index contributed by atoms with van der Waals surface area (Å²) < 4.78 is 5.68. The third-order valence-electron chi connectivity index (χ3n) is 3.78. The number of para-hydroxylation sites is 2. The number of carbonyl (C=O) groups excluding carboxylic acids is 1. The van der Waals surface area contributed by atoms with Crippen molar-refractivity contribution in [1.82, 2.24) is 9.80 Å². The molecule has 1 aromatic carbocycles. The molecule has 22 heavy (non-hydrogen) atoms. The number of likely N-dealkylation sites (N-methyl/N-ethyl adjacent to an activating group) is 1. The smallest absolute Gasteiger partial charge is 0.322 e. The SMILES string of the molecule is C=C(C)COc1ccccc1NC(=O)N1CCC(N(C)C)C1. The largest absolute Gasteiger partial charge is 0.487 e. The fourth-order valence-electron chi connectivity index (χ4n) is 2.44. The van der Waals surface area contributed by atoms with Gasteiger partial charge in [0.05, 0.1) is 5.69 Å². The van der Waals surface area contributed by atoms with Crippen LogP contribution in [0.1, 0.15) is 13.3 Å². The van der Waals surface area contributed by atoms with Crippen molar-refractivity contribution < 1.29 is 9.53 Å². The lowest BCUT2D eigenvalue weighted by Gasteiger charge is -2.21. The Morgan fingerprint density at radius 2 is 2.18 bits per heavy atom. The van der Waals surface area contributed by atoms with E-state index in [1.165, 1.54) is 0 Å². The first kappa shape index (κ1) is 16.4. The van der Waals surface area contributed by atoms with E-state index in [0.717, 1.165) is 25.1 Å². The lowest BCUT2D eigenvalue weighted by Crippen LogP contribution is -2.36. The van der Waals surface area contributed by atoms with Crippen LogP contribution in [0.15, 0.2) is 36.4 Å². The van der Waals surface area contributed by atoms with Crippen molar-refractivity contribution in [3.63, 3.8) is 0 Å². The third kappa shape index (κ3) is 4.24. The lowest BCUT2D eigenvalue weighted by atomic mass is 10.2. The molecule has 1 aliphatic heterocycles. The number of nitrogens with zero attached hydrogens (tertiary/aromatic N) is 2. The van der Waals surface area contributed by atoms with Gasteiger partial charge in [-0.2, -0.15) is 0 Å². The van der Waals surface area contributed by atoms with Gasteiger partial charge in [-0.05, 0) is 45.1 Å². The first-order valence-electron chi connectivity index (χ1n) is 7.56. The predicted octanol–water partition coefficient (Wildman–Crippen LogP) is 2.81. The van der Waals surface area contributed by atoms with Crippen molar-refractivity contribution in [2.45, 2.75) is 19.4 Å². The molecule has 1 heterocycles. The Balaban J connectivity index is 1.98. The van der Waals surface area contributed by atoms with Crippen LogP contribution in [-0.4, -0.2) is 55.7 Å². The van der Waals surface area contributed by atoms with Crippen LogP contribution in [0.3, 0.4) is 0 Å². The maximum Gasteiger partial charge on any atom is 0.322 e. The van der Waals surface area contributed by atoms with E-state index in [4.69, 9.17) is 4.74 Å². The normalized spacial score (nSPS) is 17.6. The first-order valence-corrected chi connectivity index (χ1v) is 7.56. The zero-order chi connectivity index (χ0) is 16.1. The number of anilines is 1. The zero-order valence-electron chi connectivity index (χ0n) is 13.6. The molecule has 1 fully saturated rings. The first-order chi connectivity index (χ1) is 10.5. The number of likely N-dealkylation sites (tertiary alicyclic amines) is 1. The van der Waals surface area contributed by atoms with Crippen LogP contribution in [0, 0.1) is 0 Å². The van der Waals surface area contributed by atoms with Gasteiger partial charge in [-0.3, -0.25) is 0 Å². The van der Waals surface area contributed by atoms with E-state index in [1.54, 1.807) is 0 Å². The number of rotatable bonds is 5. The number of hydrogen-bond donors (Lipinski definition) is 1. The fraction of sp³-hybridized carbons (Fsp3) is 0.471. The number of urea groups is 1. The average molecular weight is 303 g/mol. The molecule has 1 unspecified atom stereocenters. The van der Waals surface area contributed by atoms with Crippen molar-refractivity contribution in [3.8, 4) is 5.75 Å². The maximum absolute atomic E-state index is 12.4. The van der Waals surface area contributed by atoms with Crippen LogP contribution in [0.4, 0.5) is 10.5 Å². The van der Waals surface area contributed by atoms with Crippen LogP contribution in [0.25, 0.3) is 0 Å². The number of hydrogen-bond acceptors (Lipinski definition) is 3. The molecule has 120 valence electrons. The summed E-state index contributed by atoms with van der Waals surface area (Å²) in [4.78, 5) is 16.4. The second-order valence-corrected chi connectivity index (χ2v) is 6.02. The van der Waals surface area contributed by atoms with Gasteiger partial charge in [0.25, 0.3) is 0 Å². The summed E-state index contributed by atoms with van der Waals surface area (Å²) in [6.45, 7) is 7.72. The molecule has 0 spiro atoms. The molecule has 0 radical (unpaired) electrons. The average Bonchev–Trinajstić information content (AvgIpc) is 2.96. The molecule has 5 nitrogen and oxygen atoms in total. The highest BCUT2D eigenvalue weighted by molar-refractivity contribution is 5.91. The van der Waals surface area contributed by atoms with E-state index in [9.17, 15) is 4.79 Å². The molecular formula is C17H25N3O2. The van der Waals surface area contributed by atoms with E-state index in [1.807, 2.05) is 50.2 Å². The van der Waals surface area contributed by atoms with Crippen LogP contribution in [0.2, 0.25) is 0 Å². The number of amides is 2. The van der Waals surface area contributed by atoms with Gasteiger partial charge in [0.2, 0.25) is 0 Å². The predicted molar refractivity (Wildman–Crippen MR) is 89.4 cm³/mol. The van der Waals surface area contributed by atoms with E-state index in [2.05, 4.69) is 16.8 Å². The van der Waals surface area contributed by atoms with Gasteiger partial charge < -0.3 is 19.9 Å². The second-order valence-electron chi connectivity index (χ2n) is 6.02. The second kappa shape index (κ2) is 7.31. The minimum Gasteiger partial charge on any atom is -0.487 e. The molecule has 0 aromatic heterocycles. The van der Waals surface area contributed by atoms with Crippen LogP contribution in [0.5, 0.6) is 5.75 Å². The standard InChI is InChI=1S/C17H25N3O2/c1-13(2)12-22-16-8-6-5-7-15(16)18-17(21)20-10-9-14(11-20)19(3)4/h5-8,14H,1,9-12H2,2-4H3,(H,18,21). The Hall–Kier alpha value is -2.01. The van der Waals surface area contributed by atoms with Gasteiger partial charge in [-0.1, -0.05) is 18.7 Å². The molecule has 0 bridgehead atoms. The highest BCUT2D eigenvalue weighted by atomic mass is 16.5. The Bertz CT molecular complexity index is 542. The van der Waals surface area contributed by atoms with Crippen LogP contribution >= 0.6 is 0 Å². The molecule has 5 heteroatoms. The minimum atomic E-state index is -0.0734. The molecule has 1 N–H and O–H groups in total. The molecule has 2 amide bonds. The molecule has 1 aromatic rings. The highest BCUT2D eigenvalue weighted by Gasteiger charge is 2.27. The maximum atomic E-state index is 12.4. The third-order valence-corrected chi connectivity index (χ3v) is 3.78. The van der Waals surface area contributed by atoms with Crippen molar-refractivity contribution >= 4 is 11.7 Å². The Morgan fingerprint density at radius 3 is 2.82 bits per heavy atom. The van der Waals surface area contributed by atoms with Gasteiger partial charge in [0.1, 0.15) is 12.4 Å². The van der Waals surface area contributed by atoms with Gasteiger partial charge in [0, 0.05) is 19.1 Å². The molecule has 0 aliphatic carbocycles. The Kier molecular flexibility index (Phi) is 5.44. The minimum absolute atomic E-state index is 0.0734. The van der Waals surface area contributed by atoms with Crippen molar-refractivity contribution in [3.05, 3.63) is 36.4 Å². The lowest BCUT2D eigenvalue weighted by molar-refractivity contribution is 0.216. The molecular weight excluding hydrogens is 278 g/mol. The van der Waals surface area contributed by atoms with Crippen LogP contribution in [-0.2, 0) is 0 Å². The quantitative estimate of drug-likeness (QED) is 0.851. The van der Waals surface area contributed by atoms with Gasteiger partial charge in [0.15, 0.2) is 0 Å². The van der Waals surface area contributed by atoms with Crippen LogP contribution < -0.4 is 10.1 Å². The highest BCUT2D eigenvalue weighted by Crippen LogP contribution is 2.25. The van der Waals surface area contributed by atoms with E-state index in [0.29, 0.717) is 24.1 Å². The monoisotopic (exact) mass is 303 g/mol. The zero-order valence-corrected chi connectivity index (χ0v) is 13.6. The van der Waals surface area contributed by atoms with E-state index in [-0.39, 0.29) is 6.03 Å². The number of nitrogens with one attached hydrogen (secondary N) is 1. The fourth-order valence-corrected chi connectivity index (χ4v) is 2.44. The molecule has 1 atom stereocenters. The molecule has 2 rings (SSSR count). The topological polar surface area (TPSA) is 44.8 Å². The summed E-state index contributed by atoms with van der Waals surface area (Å²) >= 11 is 0. The van der Waals surface area contributed by atoms with Gasteiger partial charge >= 0.3 is 6.03 Å². The summed E-state index contributed by atoms with van der Waals surface area (Å²) in [7, 11) is 4.10. The Morgan fingerprint density at radius 1 is 1.45 bits per heavy atom. The number of ether oxygens (including phenoxy) is 1. The summed E-state index contributed by atoms with van der Waals surface area (Å²) in [6, 6.07) is 7.84. The summed E-state index contributed by atoms with van der Waals surface area (Å²) in [6.07, 6.45) is 1.01. The summed E-state index contributed by atoms with van der Waals surface area (Å²) in [5.74, 6) is 0.669. The molecule has 1 aliphatic rings. The van der Waals surface area contributed by atoms with Gasteiger partial charge in [-0.25, -0.2) is 4.79 Å². The van der Waals surface area contributed by atoms with E-state index >= 15 is 0 Å². The summed E-state index contributed by atoms with van der Waals surface area (Å²) in [5, 5.41) is 2.95. The van der Waals surface area contributed by atoms with Gasteiger partial charge in [-0.15, -0.1) is 0 Å². The number of carbonyl (C=O) groups is 1. The van der Waals surface area contributed by atoms with E-state index < -0.39 is 0 Å². The Labute approximate surface area is 132 Å². The number of benzene rings is 1. The summed E-state index contributed by atoms with van der Waals surface area (Å²) in [5.41, 5.74) is 1.64. The molecule has 0 saturated carbocycles. The van der Waals surface area contributed by atoms with Crippen molar-refractivity contribution in [2.24, 2.45) is 0 Å². The van der Waals surface area contributed by atoms with Crippen molar-refractivity contribution in [2.75, 3.05) is 39.1 Å².